The smallest absolute Gasteiger partial charge is 0.387 e. The molecule has 0 aliphatic heterocycles. The molecule has 0 bridgehead atoms. The summed E-state index contributed by atoms with van der Waals surface area (Å²) in [5, 5.41) is 4.12. The molecule has 128 valence electrons. The summed E-state index contributed by atoms with van der Waals surface area (Å²) < 4.78 is 35.6. The topological polar surface area (TPSA) is 53.4 Å². The molecule has 0 aliphatic carbocycles. The number of carbonyl (C=O) groups excluding carboxylic acids is 1. The number of nitrogens with zero attached hydrogens (tertiary/aromatic N) is 2. The second kappa shape index (κ2) is 7.57. The number of aromatic nitrogens is 2. The van der Waals surface area contributed by atoms with E-state index in [1.165, 1.54) is 24.3 Å². The van der Waals surface area contributed by atoms with Gasteiger partial charge in [0.15, 0.2) is 0 Å². The first-order valence-electron chi connectivity index (χ1n) is 7.43. The van der Waals surface area contributed by atoms with Crippen LogP contribution in [0.3, 0.4) is 0 Å². The lowest BCUT2D eigenvalue weighted by Gasteiger charge is -2.08. The van der Waals surface area contributed by atoms with Crippen molar-refractivity contribution in [2.45, 2.75) is 13.2 Å². The van der Waals surface area contributed by atoms with Gasteiger partial charge in [0.05, 0.1) is 11.3 Å². The van der Waals surface area contributed by atoms with E-state index >= 15 is 0 Å². The molecule has 0 N–H and O–H groups in total. The van der Waals surface area contributed by atoms with Gasteiger partial charge in [-0.05, 0) is 42.0 Å². The van der Waals surface area contributed by atoms with Gasteiger partial charge in [-0.15, -0.1) is 0 Å². The van der Waals surface area contributed by atoms with Crippen LogP contribution in [0.1, 0.15) is 15.9 Å². The van der Waals surface area contributed by atoms with Gasteiger partial charge < -0.3 is 9.47 Å². The lowest BCUT2D eigenvalue weighted by atomic mass is 10.2. The molecular weight excluding hydrogens is 330 g/mol. The van der Waals surface area contributed by atoms with Gasteiger partial charge >= 0.3 is 12.6 Å². The van der Waals surface area contributed by atoms with Crippen molar-refractivity contribution >= 4 is 5.97 Å². The fraction of sp³-hybridized carbons (Fsp3) is 0.111. The van der Waals surface area contributed by atoms with Crippen LogP contribution in [0.15, 0.2) is 67.0 Å². The molecule has 0 aliphatic rings. The van der Waals surface area contributed by atoms with Gasteiger partial charge in [0, 0.05) is 12.4 Å². The summed E-state index contributed by atoms with van der Waals surface area (Å²) in [6.45, 7) is -2.88. The zero-order chi connectivity index (χ0) is 17.6. The molecule has 0 saturated heterocycles. The lowest BCUT2D eigenvalue weighted by Crippen LogP contribution is -2.07. The number of hydrogen-bond acceptors (Lipinski definition) is 4. The van der Waals surface area contributed by atoms with Crippen molar-refractivity contribution in [1.29, 1.82) is 0 Å². The van der Waals surface area contributed by atoms with Gasteiger partial charge in [0.2, 0.25) is 0 Å². The van der Waals surface area contributed by atoms with E-state index in [1.807, 2.05) is 36.5 Å². The van der Waals surface area contributed by atoms with E-state index in [-0.39, 0.29) is 17.9 Å². The monoisotopic (exact) mass is 344 g/mol. The number of hydrogen-bond donors (Lipinski definition) is 0. The average Bonchev–Trinajstić information content (AvgIpc) is 3.14. The summed E-state index contributed by atoms with van der Waals surface area (Å²) in [5.41, 5.74) is 1.83. The van der Waals surface area contributed by atoms with Gasteiger partial charge in [-0.3, -0.25) is 0 Å². The Balaban J connectivity index is 1.60. The van der Waals surface area contributed by atoms with Crippen molar-refractivity contribution in [3.8, 4) is 11.4 Å². The van der Waals surface area contributed by atoms with Crippen LogP contribution in [0.4, 0.5) is 8.78 Å². The highest BCUT2D eigenvalue weighted by Gasteiger charge is 2.11. The third kappa shape index (κ3) is 4.41. The molecule has 1 aromatic heterocycles. The molecule has 25 heavy (non-hydrogen) atoms. The maximum atomic E-state index is 12.2. The summed E-state index contributed by atoms with van der Waals surface area (Å²) in [4.78, 5) is 12.0. The molecule has 3 rings (SSSR count). The van der Waals surface area contributed by atoms with Crippen molar-refractivity contribution in [2.75, 3.05) is 0 Å². The van der Waals surface area contributed by atoms with E-state index in [9.17, 15) is 13.6 Å². The second-order valence-corrected chi connectivity index (χ2v) is 5.10. The van der Waals surface area contributed by atoms with Crippen LogP contribution in [0.5, 0.6) is 5.75 Å². The van der Waals surface area contributed by atoms with Crippen LogP contribution in [-0.2, 0) is 11.3 Å². The maximum absolute atomic E-state index is 12.2. The largest absolute Gasteiger partial charge is 0.457 e. The Morgan fingerprint density at radius 1 is 1.12 bits per heavy atom. The van der Waals surface area contributed by atoms with Crippen molar-refractivity contribution in [1.82, 2.24) is 9.78 Å². The van der Waals surface area contributed by atoms with Crippen molar-refractivity contribution in [3.63, 3.8) is 0 Å². The van der Waals surface area contributed by atoms with Crippen molar-refractivity contribution in [2.24, 2.45) is 0 Å². The third-order valence-corrected chi connectivity index (χ3v) is 3.37. The number of benzene rings is 2. The van der Waals surface area contributed by atoms with Crippen LogP contribution >= 0.6 is 0 Å². The molecule has 0 atom stereocenters. The van der Waals surface area contributed by atoms with E-state index in [4.69, 9.17) is 4.74 Å². The minimum absolute atomic E-state index is 0.0676. The van der Waals surface area contributed by atoms with Gasteiger partial charge in [-0.1, -0.05) is 18.2 Å². The fourth-order valence-corrected chi connectivity index (χ4v) is 2.20. The number of ether oxygens (including phenoxy) is 2. The van der Waals surface area contributed by atoms with E-state index in [1.54, 1.807) is 10.9 Å². The minimum Gasteiger partial charge on any atom is -0.457 e. The molecule has 2 aromatic carbocycles. The summed E-state index contributed by atoms with van der Waals surface area (Å²) in [6, 6.07) is 14.7. The highest BCUT2D eigenvalue weighted by atomic mass is 19.3. The summed E-state index contributed by atoms with van der Waals surface area (Å²) in [5.74, 6) is -0.705. The molecule has 0 unspecified atom stereocenters. The summed E-state index contributed by atoms with van der Waals surface area (Å²) >= 11 is 0. The fourth-order valence-electron chi connectivity index (χ4n) is 2.20. The quantitative estimate of drug-likeness (QED) is 0.638. The van der Waals surface area contributed by atoms with E-state index in [2.05, 4.69) is 9.84 Å². The predicted octanol–water partition coefficient (Wildman–Crippen LogP) is 3.83. The van der Waals surface area contributed by atoms with E-state index in [0.717, 1.165) is 11.3 Å². The van der Waals surface area contributed by atoms with Crippen LogP contribution in [0.25, 0.3) is 5.69 Å². The van der Waals surface area contributed by atoms with Gasteiger partial charge in [0.1, 0.15) is 12.4 Å². The predicted molar refractivity (Wildman–Crippen MR) is 85.8 cm³/mol. The normalized spacial score (nSPS) is 10.7. The first kappa shape index (κ1) is 16.6. The average molecular weight is 344 g/mol. The summed E-state index contributed by atoms with van der Waals surface area (Å²) in [6.07, 6.45) is 3.51. The second-order valence-electron chi connectivity index (χ2n) is 5.10. The van der Waals surface area contributed by atoms with E-state index < -0.39 is 12.6 Å². The number of alkyl halides is 2. The van der Waals surface area contributed by atoms with Crippen LogP contribution in [0, 0.1) is 0 Å². The van der Waals surface area contributed by atoms with Gasteiger partial charge in [-0.2, -0.15) is 13.9 Å². The van der Waals surface area contributed by atoms with Crippen molar-refractivity contribution in [3.05, 3.63) is 78.1 Å². The van der Waals surface area contributed by atoms with Gasteiger partial charge in [0.25, 0.3) is 0 Å². The van der Waals surface area contributed by atoms with E-state index in [0.29, 0.717) is 0 Å². The highest BCUT2D eigenvalue weighted by molar-refractivity contribution is 5.89. The Labute approximate surface area is 142 Å². The number of halogens is 2. The molecule has 3 aromatic rings. The van der Waals surface area contributed by atoms with Crippen LogP contribution in [-0.4, -0.2) is 22.4 Å². The molecular formula is C18H14F2N2O3. The molecule has 7 heteroatoms. The number of rotatable bonds is 6. The molecule has 1 heterocycles. The van der Waals surface area contributed by atoms with Crippen LogP contribution in [0.2, 0.25) is 0 Å². The molecule has 0 spiro atoms. The molecule has 0 fully saturated rings. The third-order valence-electron chi connectivity index (χ3n) is 3.37. The Kier molecular flexibility index (Phi) is 5.03. The molecule has 0 radical (unpaired) electrons. The SMILES string of the molecule is O=C(OCc1ccc(-n2cccn2)cc1)c1cccc(OC(F)F)c1. The molecule has 0 saturated carbocycles. The Morgan fingerprint density at radius 3 is 2.60 bits per heavy atom. The Morgan fingerprint density at radius 2 is 1.92 bits per heavy atom. The first-order valence-corrected chi connectivity index (χ1v) is 7.43. The zero-order valence-corrected chi connectivity index (χ0v) is 13.0. The molecule has 0 amide bonds. The van der Waals surface area contributed by atoms with Crippen LogP contribution < -0.4 is 4.74 Å². The lowest BCUT2D eigenvalue weighted by molar-refractivity contribution is -0.0499. The number of carbonyl (C=O) groups is 1. The maximum Gasteiger partial charge on any atom is 0.387 e. The Bertz CT molecular complexity index is 834. The minimum atomic E-state index is -2.94. The van der Waals surface area contributed by atoms with Crippen molar-refractivity contribution < 1.29 is 23.0 Å². The standard InChI is InChI=1S/C18H14F2N2O3/c19-18(20)25-16-4-1-3-14(11-16)17(23)24-12-13-5-7-15(8-6-13)22-10-2-9-21-22/h1-11,18H,12H2. The Hall–Kier alpha value is -3.22. The highest BCUT2D eigenvalue weighted by Crippen LogP contribution is 2.17. The summed E-state index contributed by atoms with van der Waals surface area (Å²) in [7, 11) is 0. The zero-order valence-electron chi connectivity index (χ0n) is 13.0. The van der Waals surface area contributed by atoms with Gasteiger partial charge in [-0.25, -0.2) is 9.48 Å². The number of esters is 1. The first-order chi connectivity index (χ1) is 12.1. The molecule has 5 nitrogen and oxygen atoms in total.